The molecule has 0 aliphatic carbocycles. The van der Waals surface area contributed by atoms with E-state index in [4.69, 9.17) is 24.2 Å². The van der Waals surface area contributed by atoms with Gasteiger partial charge in [0.15, 0.2) is 0 Å². The molecule has 1 aliphatic heterocycles. The van der Waals surface area contributed by atoms with E-state index in [9.17, 15) is 26.3 Å². The third-order valence-corrected chi connectivity index (χ3v) is 4.51. The molecule has 202 valence electrons. The van der Waals surface area contributed by atoms with Crippen molar-refractivity contribution in [3.63, 3.8) is 0 Å². The first-order valence-electron chi connectivity index (χ1n) is 10.3. The molecule has 0 spiro atoms. The van der Waals surface area contributed by atoms with E-state index >= 15 is 0 Å². The number of rotatable bonds is 5. The molecule has 0 saturated carbocycles. The first-order chi connectivity index (χ1) is 16.6. The third-order valence-electron chi connectivity index (χ3n) is 4.51. The summed E-state index contributed by atoms with van der Waals surface area (Å²) in [6.45, 7) is 5.83. The zero-order valence-corrected chi connectivity index (χ0v) is 19.4. The monoisotopic (exact) mass is 528 g/mol. The molecule has 0 unspecified atom stereocenters. The molecule has 3 rings (SSSR count). The molecule has 0 amide bonds. The first kappa shape index (κ1) is 30.7. The number of likely N-dealkylation sites (N-methyl/N-ethyl adjacent to an activating group) is 1. The minimum absolute atomic E-state index is 0.850. The van der Waals surface area contributed by atoms with Gasteiger partial charge in [0, 0.05) is 44.5 Å². The van der Waals surface area contributed by atoms with Gasteiger partial charge < -0.3 is 24.4 Å². The maximum Gasteiger partial charge on any atom is 0.490 e. The number of fused-ring (bicyclic) bond motifs is 1. The maximum atomic E-state index is 10.6. The largest absolute Gasteiger partial charge is 0.490 e. The average Bonchev–Trinajstić information content (AvgIpc) is 3.20. The van der Waals surface area contributed by atoms with Crippen molar-refractivity contribution in [2.45, 2.75) is 25.4 Å². The van der Waals surface area contributed by atoms with Crippen molar-refractivity contribution in [3.05, 3.63) is 48.0 Å². The van der Waals surface area contributed by atoms with E-state index in [1.807, 2.05) is 24.4 Å². The zero-order valence-electron chi connectivity index (χ0n) is 19.4. The summed E-state index contributed by atoms with van der Waals surface area (Å²) in [5.74, 6) is -3.36. The number of carboxylic acid groups (broad SMARTS) is 2. The fourth-order valence-electron chi connectivity index (χ4n) is 2.82. The van der Waals surface area contributed by atoms with Gasteiger partial charge in [-0.2, -0.15) is 26.3 Å². The summed E-state index contributed by atoms with van der Waals surface area (Å²) in [6, 6.07) is 8.20. The minimum atomic E-state index is -5.08. The second kappa shape index (κ2) is 13.7. The van der Waals surface area contributed by atoms with E-state index in [-0.39, 0.29) is 0 Å². The number of hydrogen-bond donors (Lipinski definition) is 2. The van der Waals surface area contributed by atoms with E-state index in [0.717, 1.165) is 50.8 Å². The van der Waals surface area contributed by atoms with Gasteiger partial charge >= 0.3 is 24.3 Å². The van der Waals surface area contributed by atoms with Crippen molar-refractivity contribution in [3.8, 4) is 0 Å². The topological polar surface area (TPSA) is 110 Å². The van der Waals surface area contributed by atoms with Crippen LogP contribution in [0.25, 0.3) is 0 Å². The number of hydrogen-bond acceptors (Lipinski definition) is 7. The van der Waals surface area contributed by atoms with Crippen LogP contribution in [-0.4, -0.2) is 89.6 Å². The van der Waals surface area contributed by atoms with Crippen LogP contribution in [0.4, 0.5) is 32.2 Å². The highest BCUT2D eigenvalue weighted by Gasteiger charge is 2.38. The number of halogens is 6. The molecule has 0 fully saturated rings. The van der Waals surface area contributed by atoms with Gasteiger partial charge in [0.1, 0.15) is 11.6 Å². The predicted octanol–water partition coefficient (Wildman–Crippen LogP) is 3.33. The molecule has 36 heavy (non-hydrogen) atoms. The molecule has 2 N–H and O–H groups in total. The molecule has 9 nitrogen and oxygen atoms in total. The second-order valence-corrected chi connectivity index (χ2v) is 7.67. The third kappa shape index (κ3) is 11.4. The van der Waals surface area contributed by atoms with Crippen LogP contribution < -0.4 is 4.90 Å². The van der Waals surface area contributed by atoms with Crippen LogP contribution in [0.1, 0.15) is 11.3 Å². The standard InChI is InChI=1S/C17H24N4O.2C2HF3O2/c1-19(2)8-10-21-11-9-20(14-16-6-4-12-22-16)13-15-5-3-7-18-17(15)21;2*3-2(4,5)1(6)7/h3-7,12H,8-11,13-14H2,1-2H3;2*(H,6,7). The lowest BCUT2D eigenvalue weighted by molar-refractivity contribution is -0.193. The summed E-state index contributed by atoms with van der Waals surface area (Å²) in [5, 5.41) is 14.2. The van der Waals surface area contributed by atoms with Crippen LogP contribution in [0.5, 0.6) is 0 Å². The fraction of sp³-hybridized carbons (Fsp3) is 0.476. The van der Waals surface area contributed by atoms with Crippen molar-refractivity contribution >= 4 is 17.8 Å². The molecule has 15 heteroatoms. The van der Waals surface area contributed by atoms with E-state index in [1.165, 1.54) is 5.56 Å². The molecule has 0 atom stereocenters. The van der Waals surface area contributed by atoms with Gasteiger partial charge in [-0.3, -0.25) is 4.90 Å². The van der Waals surface area contributed by atoms with Crippen molar-refractivity contribution in [2.75, 3.05) is 45.2 Å². The number of aromatic nitrogens is 1. The molecular formula is C21H26F6N4O5. The minimum Gasteiger partial charge on any atom is -0.475 e. The fourth-order valence-corrected chi connectivity index (χ4v) is 2.82. The first-order valence-corrected chi connectivity index (χ1v) is 10.3. The maximum absolute atomic E-state index is 10.6. The molecule has 0 radical (unpaired) electrons. The number of nitrogens with zero attached hydrogens (tertiary/aromatic N) is 4. The Hall–Kier alpha value is -3.33. The van der Waals surface area contributed by atoms with Crippen molar-refractivity contribution in [2.24, 2.45) is 0 Å². The molecule has 3 heterocycles. The lowest BCUT2D eigenvalue weighted by atomic mass is 10.2. The Labute approximate surface area is 202 Å². The van der Waals surface area contributed by atoms with Crippen LogP contribution in [0.2, 0.25) is 0 Å². The van der Waals surface area contributed by atoms with Crippen LogP contribution >= 0.6 is 0 Å². The Morgan fingerprint density at radius 2 is 1.61 bits per heavy atom. The zero-order chi connectivity index (χ0) is 27.5. The summed E-state index contributed by atoms with van der Waals surface area (Å²) >= 11 is 0. The number of carbonyl (C=O) groups is 2. The Bertz CT molecular complexity index is 927. The normalized spacial score (nSPS) is 14.1. The lowest BCUT2D eigenvalue weighted by Crippen LogP contribution is -2.36. The van der Waals surface area contributed by atoms with Gasteiger partial charge in [0.25, 0.3) is 0 Å². The molecule has 0 aromatic carbocycles. The average molecular weight is 528 g/mol. The summed E-state index contributed by atoms with van der Waals surface area (Å²) in [5.41, 5.74) is 1.30. The smallest absolute Gasteiger partial charge is 0.475 e. The predicted molar refractivity (Wildman–Crippen MR) is 115 cm³/mol. The van der Waals surface area contributed by atoms with E-state index < -0.39 is 24.3 Å². The molecule has 2 aromatic heterocycles. The Kier molecular flexibility index (Phi) is 11.7. The number of anilines is 1. The van der Waals surface area contributed by atoms with Gasteiger partial charge in [-0.25, -0.2) is 14.6 Å². The Morgan fingerprint density at radius 3 is 2.08 bits per heavy atom. The van der Waals surface area contributed by atoms with Crippen molar-refractivity contribution in [1.82, 2.24) is 14.8 Å². The molecule has 0 saturated heterocycles. The Morgan fingerprint density at radius 1 is 1.03 bits per heavy atom. The van der Waals surface area contributed by atoms with Crippen LogP contribution in [0, 0.1) is 0 Å². The lowest BCUT2D eigenvalue weighted by Gasteiger charge is -2.25. The molecule has 2 aromatic rings. The van der Waals surface area contributed by atoms with Gasteiger partial charge in [0.2, 0.25) is 0 Å². The van der Waals surface area contributed by atoms with E-state index in [0.29, 0.717) is 0 Å². The highest BCUT2D eigenvalue weighted by atomic mass is 19.4. The van der Waals surface area contributed by atoms with E-state index in [2.05, 4.69) is 39.8 Å². The Balaban J connectivity index is 0.000000383. The SMILES string of the molecule is CN(C)CCN1CCN(Cc2ccco2)Cc2cccnc21.O=C(O)C(F)(F)F.O=C(O)C(F)(F)F. The highest BCUT2D eigenvalue weighted by Crippen LogP contribution is 2.23. The van der Waals surface area contributed by atoms with Crippen LogP contribution in [-0.2, 0) is 22.7 Å². The quantitative estimate of drug-likeness (QED) is 0.565. The summed E-state index contributed by atoms with van der Waals surface area (Å²) < 4.78 is 69.0. The van der Waals surface area contributed by atoms with Gasteiger partial charge in [0.05, 0.1) is 12.8 Å². The van der Waals surface area contributed by atoms with Gasteiger partial charge in [-0.1, -0.05) is 6.07 Å². The van der Waals surface area contributed by atoms with Crippen LogP contribution in [0.3, 0.4) is 0 Å². The number of alkyl halides is 6. The van der Waals surface area contributed by atoms with Crippen molar-refractivity contribution < 1.29 is 50.6 Å². The molecular weight excluding hydrogens is 502 g/mol. The molecule has 0 bridgehead atoms. The van der Waals surface area contributed by atoms with Gasteiger partial charge in [-0.05, 0) is 32.3 Å². The van der Waals surface area contributed by atoms with Gasteiger partial charge in [-0.15, -0.1) is 0 Å². The molecule has 1 aliphatic rings. The van der Waals surface area contributed by atoms with Crippen molar-refractivity contribution in [1.29, 1.82) is 0 Å². The summed E-state index contributed by atoms with van der Waals surface area (Å²) in [4.78, 5) is 29.5. The number of pyridine rings is 1. The summed E-state index contributed by atoms with van der Waals surface area (Å²) in [6.07, 6.45) is -6.53. The number of furan rings is 1. The highest BCUT2D eigenvalue weighted by molar-refractivity contribution is 5.73. The number of carboxylic acids is 2. The van der Waals surface area contributed by atoms with E-state index in [1.54, 1.807) is 6.26 Å². The summed E-state index contributed by atoms with van der Waals surface area (Å²) in [7, 11) is 4.22. The van der Waals surface area contributed by atoms with Crippen LogP contribution in [0.15, 0.2) is 41.1 Å². The number of aliphatic carboxylic acids is 2. The second-order valence-electron chi connectivity index (χ2n) is 7.67.